The molecule has 0 aliphatic heterocycles. The highest BCUT2D eigenvalue weighted by atomic mass is 16.4. The normalized spacial score (nSPS) is 10.7. The molecule has 3 aromatic rings. The molecule has 0 fully saturated rings. The lowest BCUT2D eigenvalue weighted by Crippen LogP contribution is -2.11. The Bertz CT molecular complexity index is 808. The lowest BCUT2D eigenvalue weighted by atomic mass is 10.2. The fourth-order valence-electron chi connectivity index (χ4n) is 2.72. The molecule has 0 radical (unpaired) electrons. The smallest absolute Gasteiger partial charge is 0.309 e. The average Bonchev–Trinajstić information content (AvgIpc) is 2.85. The van der Waals surface area contributed by atoms with Gasteiger partial charge >= 0.3 is 5.97 Å². The van der Waals surface area contributed by atoms with Crippen molar-refractivity contribution in [2.75, 3.05) is 0 Å². The molecule has 0 spiro atoms. The van der Waals surface area contributed by atoms with E-state index in [1.807, 2.05) is 72.2 Å². The van der Waals surface area contributed by atoms with Crippen molar-refractivity contribution in [3.05, 3.63) is 77.6 Å². The molecule has 0 saturated heterocycles. The van der Waals surface area contributed by atoms with Gasteiger partial charge in [0.2, 0.25) is 0 Å². The van der Waals surface area contributed by atoms with Gasteiger partial charge in [-0.05, 0) is 12.5 Å². The molecule has 2 aromatic carbocycles. The average molecular weight is 306 g/mol. The topological polar surface area (TPSA) is 55.1 Å². The zero-order valence-electron chi connectivity index (χ0n) is 12.9. The van der Waals surface area contributed by atoms with Gasteiger partial charge in [0.25, 0.3) is 0 Å². The summed E-state index contributed by atoms with van der Waals surface area (Å²) in [7, 11) is 0. The summed E-state index contributed by atoms with van der Waals surface area (Å²) in [6.07, 6.45) is -0.0293. The third kappa shape index (κ3) is 3.31. The van der Waals surface area contributed by atoms with E-state index in [4.69, 9.17) is 0 Å². The number of aliphatic carboxylic acids is 1. The van der Waals surface area contributed by atoms with Crippen LogP contribution in [0.3, 0.4) is 0 Å². The fourth-order valence-corrected chi connectivity index (χ4v) is 2.72. The maximum absolute atomic E-state index is 11.2. The van der Waals surface area contributed by atoms with Gasteiger partial charge in [0.1, 0.15) is 5.82 Å². The first kappa shape index (κ1) is 15.0. The van der Waals surface area contributed by atoms with Crippen LogP contribution in [0, 0.1) is 6.92 Å². The number of hydrogen-bond donors (Lipinski definition) is 1. The minimum atomic E-state index is -0.845. The van der Waals surface area contributed by atoms with Gasteiger partial charge in [-0.3, -0.25) is 4.79 Å². The van der Waals surface area contributed by atoms with E-state index >= 15 is 0 Å². The number of aryl methyl sites for hydroxylation is 1. The molecule has 1 heterocycles. The van der Waals surface area contributed by atoms with Crippen LogP contribution in [0.1, 0.15) is 17.0 Å². The fraction of sp³-hybridized carbons (Fsp3) is 0.158. The summed E-state index contributed by atoms with van der Waals surface area (Å²) in [5.74, 6) is -0.0369. The van der Waals surface area contributed by atoms with E-state index in [9.17, 15) is 9.90 Å². The van der Waals surface area contributed by atoms with Crippen LogP contribution in [0.5, 0.6) is 0 Å². The van der Waals surface area contributed by atoms with Gasteiger partial charge in [-0.1, -0.05) is 60.7 Å². The molecule has 0 aliphatic carbocycles. The van der Waals surface area contributed by atoms with Crippen molar-refractivity contribution in [3.8, 4) is 11.4 Å². The highest BCUT2D eigenvalue weighted by Crippen LogP contribution is 2.24. The highest BCUT2D eigenvalue weighted by molar-refractivity contribution is 5.71. The minimum absolute atomic E-state index is 0.0293. The van der Waals surface area contributed by atoms with E-state index in [0.29, 0.717) is 6.54 Å². The Morgan fingerprint density at radius 2 is 1.65 bits per heavy atom. The molecule has 0 unspecified atom stereocenters. The predicted octanol–water partition coefficient (Wildman–Crippen LogP) is 3.53. The number of aromatic nitrogens is 2. The number of hydrogen-bond acceptors (Lipinski definition) is 2. The molecule has 4 nitrogen and oxygen atoms in total. The molecule has 23 heavy (non-hydrogen) atoms. The second kappa shape index (κ2) is 6.48. The number of rotatable bonds is 5. The van der Waals surface area contributed by atoms with Gasteiger partial charge in [-0.15, -0.1) is 0 Å². The molecule has 0 atom stereocenters. The first-order chi connectivity index (χ1) is 11.1. The van der Waals surface area contributed by atoms with Gasteiger partial charge in [-0.2, -0.15) is 0 Å². The van der Waals surface area contributed by atoms with Gasteiger partial charge < -0.3 is 9.67 Å². The van der Waals surface area contributed by atoms with Crippen molar-refractivity contribution < 1.29 is 9.90 Å². The van der Waals surface area contributed by atoms with Gasteiger partial charge in [0.05, 0.1) is 17.8 Å². The van der Waals surface area contributed by atoms with Crippen LogP contribution in [0.4, 0.5) is 0 Å². The summed E-state index contributed by atoms with van der Waals surface area (Å²) in [6, 6.07) is 19.9. The van der Waals surface area contributed by atoms with Crippen LogP contribution >= 0.6 is 0 Å². The van der Waals surface area contributed by atoms with Crippen molar-refractivity contribution in [2.24, 2.45) is 0 Å². The summed E-state index contributed by atoms with van der Waals surface area (Å²) in [5, 5.41) is 9.22. The Morgan fingerprint density at radius 1 is 1.04 bits per heavy atom. The molecule has 3 rings (SSSR count). The second-order valence-electron chi connectivity index (χ2n) is 5.48. The van der Waals surface area contributed by atoms with E-state index < -0.39 is 5.97 Å². The molecule has 1 N–H and O–H groups in total. The summed E-state index contributed by atoms with van der Waals surface area (Å²) in [5.41, 5.74) is 3.62. The summed E-state index contributed by atoms with van der Waals surface area (Å²) >= 11 is 0. The lowest BCUT2D eigenvalue weighted by molar-refractivity contribution is -0.136. The van der Waals surface area contributed by atoms with Crippen LogP contribution in [0.2, 0.25) is 0 Å². The van der Waals surface area contributed by atoms with Crippen molar-refractivity contribution >= 4 is 5.97 Å². The van der Waals surface area contributed by atoms with E-state index in [2.05, 4.69) is 4.98 Å². The zero-order chi connectivity index (χ0) is 16.2. The Hall–Kier alpha value is -2.88. The van der Waals surface area contributed by atoms with Crippen LogP contribution < -0.4 is 0 Å². The monoisotopic (exact) mass is 306 g/mol. The van der Waals surface area contributed by atoms with Gasteiger partial charge in [0, 0.05) is 12.1 Å². The van der Waals surface area contributed by atoms with Crippen LogP contribution in [-0.4, -0.2) is 20.6 Å². The van der Waals surface area contributed by atoms with Crippen molar-refractivity contribution in [2.45, 2.75) is 19.9 Å². The SMILES string of the molecule is Cc1nc(-c2ccccc2)n(Cc2ccccc2)c1CC(=O)O. The van der Waals surface area contributed by atoms with Crippen molar-refractivity contribution in [3.63, 3.8) is 0 Å². The third-order valence-electron chi connectivity index (χ3n) is 3.81. The van der Waals surface area contributed by atoms with Crippen molar-refractivity contribution in [1.29, 1.82) is 0 Å². The summed E-state index contributed by atoms with van der Waals surface area (Å²) in [4.78, 5) is 15.9. The molecule has 116 valence electrons. The largest absolute Gasteiger partial charge is 0.481 e. The van der Waals surface area contributed by atoms with E-state index in [1.165, 1.54) is 0 Å². The van der Waals surface area contributed by atoms with Crippen LogP contribution in [0.25, 0.3) is 11.4 Å². The Labute approximate surface area is 135 Å². The number of carbonyl (C=O) groups is 1. The molecular formula is C19H18N2O2. The highest BCUT2D eigenvalue weighted by Gasteiger charge is 2.18. The maximum atomic E-state index is 11.2. The Morgan fingerprint density at radius 3 is 2.26 bits per heavy atom. The van der Waals surface area contributed by atoms with Gasteiger partial charge in [0.15, 0.2) is 0 Å². The molecule has 0 bridgehead atoms. The predicted molar refractivity (Wildman–Crippen MR) is 89.3 cm³/mol. The van der Waals surface area contributed by atoms with E-state index in [1.54, 1.807) is 0 Å². The number of nitrogens with zero attached hydrogens (tertiary/aromatic N) is 2. The van der Waals surface area contributed by atoms with E-state index in [-0.39, 0.29) is 6.42 Å². The Balaban J connectivity index is 2.10. The van der Waals surface area contributed by atoms with Crippen LogP contribution in [0.15, 0.2) is 60.7 Å². The van der Waals surface area contributed by atoms with E-state index in [0.717, 1.165) is 28.3 Å². The molecule has 1 aromatic heterocycles. The lowest BCUT2D eigenvalue weighted by Gasteiger charge is -2.12. The standard InChI is InChI=1S/C19H18N2O2/c1-14-17(12-18(22)23)21(13-15-8-4-2-5-9-15)19(20-14)16-10-6-3-7-11-16/h2-11H,12-13H2,1H3,(H,22,23). The number of carboxylic acids is 1. The number of carboxylic acid groups (broad SMARTS) is 1. The summed E-state index contributed by atoms with van der Waals surface area (Å²) in [6.45, 7) is 2.47. The second-order valence-corrected chi connectivity index (χ2v) is 5.48. The first-order valence-electron chi connectivity index (χ1n) is 7.52. The first-order valence-corrected chi connectivity index (χ1v) is 7.52. The molecule has 0 saturated carbocycles. The maximum Gasteiger partial charge on any atom is 0.309 e. The number of benzene rings is 2. The quantitative estimate of drug-likeness (QED) is 0.784. The molecular weight excluding hydrogens is 288 g/mol. The van der Waals surface area contributed by atoms with Gasteiger partial charge in [-0.25, -0.2) is 4.98 Å². The Kier molecular flexibility index (Phi) is 4.24. The zero-order valence-corrected chi connectivity index (χ0v) is 12.9. The van der Waals surface area contributed by atoms with Crippen LogP contribution in [-0.2, 0) is 17.8 Å². The van der Waals surface area contributed by atoms with Crippen molar-refractivity contribution in [1.82, 2.24) is 9.55 Å². The number of imidazole rings is 1. The summed E-state index contributed by atoms with van der Waals surface area (Å²) < 4.78 is 2.01. The molecule has 0 aliphatic rings. The third-order valence-corrected chi connectivity index (χ3v) is 3.81. The minimum Gasteiger partial charge on any atom is -0.481 e. The molecule has 4 heteroatoms. The molecule has 0 amide bonds.